The highest BCUT2D eigenvalue weighted by Crippen LogP contribution is 2.29. The highest BCUT2D eigenvalue weighted by atomic mass is 17.0. The molecule has 2 N–H and O–H groups in total. The first kappa shape index (κ1) is 9.34. The molecule has 2 aliphatic rings. The van der Waals surface area contributed by atoms with Crippen LogP contribution in [0.1, 0.15) is 0 Å². The van der Waals surface area contributed by atoms with Crippen molar-refractivity contribution < 1.29 is 38.7 Å². The molecule has 2 saturated heterocycles. The first-order valence-electron chi connectivity index (χ1n) is 3.64. The molecule has 0 aliphatic carbocycles. The molecule has 2 fully saturated rings. The summed E-state index contributed by atoms with van der Waals surface area (Å²) in [5, 5.41) is 17.7. The molecule has 2 heterocycles. The van der Waals surface area contributed by atoms with Gasteiger partial charge in [-0.15, -0.1) is 0 Å². The molecule has 3 unspecified atom stereocenters. The molecule has 14 heavy (non-hydrogen) atoms. The monoisotopic (exact) mass is 206 g/mol. The van der Waals surface area contributed by atoms with E-state index in [1.165, 1.54) is 0 Å². The standard InChI is InChI=1S/C6H6O8/c7-2-3(8)12-6(1-11-2)13-4(9)5(10)14-6/h2,4,7,9H,1H2. The minimum Gasteiger partial charge on any atom is -0.392 e. The average Bonchev–Trinajstić information content (AvgIpc) is 2.37. The van der Waals surface area contributed by atoms with Gasteiger partial charge in [-0.05, 0) is 0 Å². The Labute approximate surface area is 76.9 Å². The number of esters is 2. The summed E-state index contributed by atoms with van der Waals surface area (Å²) in [4.78, 5) is 21.5. The topological polar surface area (TPSA) is 112 Å². The molecule has 78 valence electrons. The Kier molecular flexibility index (Phi) is 1.93. The SMILES string of the molecule is O=C1OC2(COC1O)OC(=O)C(O)O2. The normalized spacial score (nSPS) is 42.4. The van der Waals surface area contributed by atoms with Crippen LogP contribution in [0.2, 0.25) is 0 Å². The number of rotatable bonds is 0. The highest BCUT2D eigenvalue weighted by molar-refractivity contribution is 5.77. The Bertz CT molecular complexity index is 288. The van der Waals surface area contributed by atoms with Gasteiger partial charge in [-0.3, -0.25) is 4.74 Å². The van der Waals surface area contributed by atoms with Crippen molar-refractivity contribution in [1.29, 1.82) is 0 Å². The highest BCUT2D eigenvalue weighted by Gasteiger charge is 2.55. The van der Waals surface area contributed by atoms with E-state index >= 15 is 0 Å². The minimum atomic E-state index is -2.06. The van der Waals surface area contributed by atoms with Crippen LogP contribution in [0.25, 0.3) is 0 Å². The molecule has 2 rings (SSSR count). The van der Waals surface area contributed by atoms with Crippen LogP contribution < -0.4 is 0 Å². The van der Waals surface area contributed by atoms with E-state index < -0.39 is 37.1 Å². The van der Waals surface area contributed by atoms with Gasteiger partial charge in [0, 0.05) is 0 Å². The molecule has 8 nitrogen and oxygen atoms in total. The lowest BCUT2D eigenvalue weighted by Gasteiger charge is -2.30. The maximum atomic E-state index is 10.8. The van der Waals surface area contributed by atoms with Crippen LogP contribution in [0.5, 0.6) is 0 Å². The van der Waals surface area contributed by atoms with E-state index in [0.717, 1.165) is 0 Å². The summed E-state index contributed by atoms with van der Waals surface area (Å²) >= 11 is 0. The molecule has 0 saturated carbocycles. The largest absolute Gasteiger partial charge is 0.404 e. The van der Waals surface area contributed by atoms with Crippen LogP contribution in [-0.4, -0.2) is 47.3 Å². The van der Waals surface area contributed by atoms with Crippen molar-refractivity contribution in [3.05, 3.63) is 0 Å². The van der Waals surface area contributed by atoms with Crippen LogP contribution in [0.4, 0.5) is 0 Å². The number of carbonyl (C=O) groups excluding carboxylic acids is 2. The van der Waals surface area contributed by atoms with Crippen molar-refractivity contribution in [2.75, 3.05) is 6.61 Å². The lowest BCUT2D eigenvalue weighted by atomic mass is 10.5. The van der Waals surface area contributed by atoms with Gasteiger partial charge in [0.05, 0.1) is 0 Å². The number of aliphatic hydroxyl groups excluding tert-OH is 2. The number of hydrogen-bond donors (Lipinski definition) is 2. The Balaban J connectivity index is 2.12. The number of carbonyl (C=O) groups is 2. The van der Waals surface area contributed by atoms with Gasteiger partial charge in [-0.1, -0.05) is 0 Å². The molecule has 1 spiro atoms. The quantitative estimate of drug-likeness (QED) is 0.416. The van der Waals surface area contributed by atoms with Crippen molar-refractivity contribution in [1.82, 2.24) is 0 Å². The molecule has 8 heteroatoms. The molecule has 0 aromatic heterocycles. The van der Waals surface area contributed by atoms with Crippen LogP contribution >= 0.6 is 0 Å². The van der Waals surface area contributed by atoms with E-state index in [9.17, 15) is 9.59 Å². The van der Waals surface area contributed by atoms with Gasteiger partial charge in [0.2, 0.25) is 0 Å². The third-order valence-electron chi connectivity index (χ3n) is 1.62. The Morgan fingerprint density at radius 2 is 1.71 bits per heavy atom. The van der Waals surface area contributed by atoms with Gasteiger partial charge in [0.1, 0.15) is 0 Å². The van der Waals surface area contributed by atoms with E-state index in [4.69, 9.17) is 10.2 Å². The minimum absolute atomic E-state index is 0.497. The second kappa shape index (κ2) is 2.89. The Morgan fingerprint density at radius 1 is 1.14 bits per heavy atom. The van der Waals surface area contributed by atoms with Crippen molar-refractivity contribution in [2.45, 2.75) is 18.6 Å². The zero-order valence-corrected chi connectivity index (χ0v) is 6.71. The summed E-state index contributed by atoms with van der Waals surface area (Å²) in [6.45, 7) is -0.497. The van der Waals surface area contributed by atoms with Crippen LogP contribution in [-0.2, 0) is 28.5 Å². The summed E-state index contributed by atoms with van der Waals surface area (Å²) in [6, 6.07) is 0. The van der Waals surface area contributed by atoms with Crippen molar-refractivity contribution in [3.63, 3.8) is 0 Å². The van der Waals surface area contributed by atoms with Gasteiger partial charge in [0.15, 0.2) is 6.61 Å². The van der Waals surface area contributed by atoms with Gasteiger partial charge in [0.25, 0.3) is 12.6 Å². The number of ether oxygens (including phenoxy) is 4. The van der Waals surface area contributed by atoms with Crippen LogP contribution in [0.3, 0.4) is 0 Å². The van der Waals surface area contributed by atoms with Crippen LogP contribution in [0.15, 0.2) is 0 Å². The number of hydrogen-bond acceptors (Lipinski definition) is 8. The summed E-state index contributed by atoms with van der Waals surface area (Å²) in [7, 11) is 0. The molecule has 0 aromatic carbocycles. The molecule has 0 radical (unpaired) electrons. The van der Waals surface area contributed by atoms with E-state index in [2.05, 4.69) is 18.9 Å². The van der Waals surface area contributed by atoms with Gasteiger partial charge >= 0.3 is 17.9 Å². The second-order valence-corrected chi connectivity index (χ2v) is 2.66. The summed E-state index contributed by atoms with van der Waals surface area (Å²) < 4.78 is 17.9. The fraction of sp³-hybridized carbons (Fsp3) is 0.667. The molecular weight excluding hydrogens is 200 g/mol. The fourth-order valence-electron chi connectivity index (χ4n) is 1.04. The second-order valence-electron chi connectivity index (χ2n) is 2.66. The third-order valence-corrected chi connectivity index (χ3v) is 1.62. The van der Waals surface area contributed by atoms with Crippen molar-refractivity contribution >= 4 is 11.9 Å². The lowest BCUT2D eigenvalue weighted by molar-refractivity contribution is -0.379. The predicted molar refractivity (Wildman–Crippen MR) is 34.0 cm³/mol. The zero-order chi connectivity index (χ0) is 10.3. The van der Waals surface area contributed by atoms with E-state index in [0.29, 0.717) is 0 Å². The maximum absolute atomic E-state index is 10.8. The van der Waals surface area contributed by atoms with E-state index in [-0.39, 0.29) is 0 Å². The zero-order valence-electron chi connectivity index (χ0n) is 6.71. The molecular formula is C6H6O8. The Morgan fingerprint density at radius 3 is 2.21 bits per heavy atom. The third kappa shape index (κ3) is 1.34. The summed E-state index contributed by atoms with van der Waals surface area (Å²) in [5.41, 5.74) is 0. The van der Waals surface area contributed by atoms with Gasteiger partial charge in [-0.2, -0.15) is 0 Å². The summed E-state index contributed by atoms with van der Waals surface area (Å²) in [5.74, 6) is -4.30. The first-order chi connectivity index (χ1) is 6.52. The average molecular weight is 206 g/mol. The molecule has 0 amide bonds. The van der Waals surface area contributed by atoms with E-state index in [1.54, 1.807) is 0 Å². The molecule has 0 aromatic rings. The van der Waals surface area contributed by atoms with Gasteiger partial charge < -0.3 is 24.4 Å². The van der Waals surface area contributed by atoms with Crippen molar-refractivity contribution in [3.8, 4) is 0 Å². The maximum Gasteiger partial charge on any atom is 0.404 e. The van der Waals surface area contributed by atoms with Crippen molar-refractivity contribution in [2.24, 2.45) is 0 Å². The fourth-order valence-corrected chi connectivity index (χ4v) is 1.04. The Hall–Kier alpha value is -1.22. The predicted octanol–water partition coefficient (Wildman–Crippen LogP) is -2.58. The lowest BCUT2D eigenvalue weighted by Crippen LogP contribution is -2.51. The van der Waals surface area contributed by atoms with E-state index in [1.807, 2.05) is 0 Å². The van der Waals surface area contributed by atoms with Crippen LogP contribution in [0, 0.1) is 0 Å². The van der Waals surface area contributed by atoms with Gasteiger partial charge in [-0.25, -0.2) is 9.59 Å². The molecule has 0 bridgehead atoms. The smallest absolute Gasteiger partial charge is 0.392 e. The number of aliphatic hydroxyl groups is 2. The molecule has 2 aliphatic heterocycles. The molecule has 3 atom stereocenters. The first-order valence-corrected chi connectivity index (χ1v) is 3.64. The summed E-state index contributed by atoms with van der Waals surface area (Å²) in [6.07, 6.45) is -3.55.